The SMILES string of the molecule is CCCCCCCOc1ccc(C(=O)Oc2ccc(CN(CC(=O)O)C(=O)c3ccc(NC(=O)Cc4ccc(OC)cc4C(F)(F)F)cc3C)cc2)cc1. The van der Waals surface area contributed by atoms with Gasteiger partial charge in [-0.3, -0.25) is 14.4 Å². The zero-order valence-corrected chi connectivity index (χ0v) is 30.3. The highest BCUT2D eigenvalue weighted by molar-refractivity contribution is 5.98. The number of benzene rings is 4. The fraction of sp³-hybridized carbons (Fsp3) is 0.317. The number of halogens is 3. The standard InChI is InChI=1S/C41H43F3N2O8/c1-4-5-6-7-8-21-53-32-17-11-29(12-18-32)40(51)54-33-15-9-28(10-16-33)25-46(26-38(48)49)39(50)35-20-14-31(22-27(35)2)45-37(47)23-30-13-19-34(52-3)24-36(30)41(42,43)44/h9-20,22,24H,4-8,21,23,25-26H2,1-3H3,(H,45,47)(H,48,49). The van der Waals surface area contributed by atoms with Crippen molar-refractivity contribution in [2.45, 2.75) is 65.1 Å². The van der Waals surface area contributed by atoms with E-state index in [1.807, 2.05) is 0 Å². The Morgan fingerprint density at radius 2 is 1.48 bits per heavy atom. The molecule has 0 aliphatic carbocycles. The number of methoxy groups -OCH3 is 1. The number of carbonyl (C=O) groups is 4. The minimum Gasteiger partial charge on any atom is -0.497 e. The van der Waals surface area contributed by atoms with Gasteiger partial charge in [-0.05, 0) is 96.8 Å². The van der Waals surface area contributed by atoms with Crippen LogP contribution in [0.1, 0.15) is 82.0 Å². The number of aliphatic carboxylic acids is 1. The van der Waals surface area contributed by atoms with E-state index in [1.165, 1.54) is 56.7 Å². The van der Waals surface area contributed by atoms with Crippen LogP contribution in [0.5, 0.6) is 17.2 Å². The molecule has 0 aromatic heterocycles. The van der Waals surface area contributed by atoms with E-state index in [0.29, 0.717) is 29.0 Å². The van der Waals surface area contributed by atoms with E-state index in [-0.39, 0.29) is 34.9 Å². The van der Waals surface area contributed by atoms with Crippen LogP contribution in [0.4, 0.5) is 18.9 Å². The minimum absolute atomic E-state index is 0.00381. The lowest BCUT2D eigenvalue weighted by Gasteiger charge is -2.22. The zero-order chi connectivity index (χ0) is 39.3. The summed E-state index contributed by atoms with van der Waals surface area (Å²) in [6, 6.07) is 20.6. The average molecular weight is 749 g/mol. The maximum Gasteiger partial charge on any atom is 0.416 e. The Hall–Kier alpha value is -5.85. The summed E-state index contributed by atoms with van der Waals surface area (Å²) in [7, 11) is 1.24. The third-order valence-corrected chi connectivity index (χ3v) is 8.44. The number of carbonyl (C=O) groups excluding carboxylic acids is 3. The number of ether oxygens (including phenoxy) is 3. The van der Waals surface area contributed by atoms with E-state index in [9.17, 15) is 37.5 Å². The van der Waals surface area contributed by atoms with Crippen LogP contribution in [-0.4, -0.2) is 54.0 Å². The lowest BCUT2D eigenvalue weighted by atomic mass is 10.0. The fourth-order valence-electron chi connectivity index (χ4n) is 5.63. The number of esters is 1. The lowest BCUT2D eigenvalue weighted by Crippen LogP contribution is -2.35. The van der Waals surface area contributed by atoms with Gasteiger partial charge >= 0.3 is 18.1 Å². The van der Waals surface area contributed by atoms with E-state index in [4.69, 9.17) is 14.2 Å². The quantitative estimate of drug-likeness (QED) is 0.0589. The number of nitrogens with one attached hydrogen (secondary N) is 1. The van der Waals surface area contributed by atoms with Crippen LogP contribution in [0.25, 0.3) is 0 Å². The molecule has 4 aromatic rings. The molecule has 0 saturated carbocycles. The van der Waals surface area contributed by atoms with Crippen molar-refractivity contribution in [1.29, 1.82) is 0 Å². The molecule has 4 rings (SSSR count). The van der Waals surface area contributed by atoms with Crippen LogP contribution in [0.3, 0.4) is 0 Å². The summed E-state index contributed by atoms with van der Waals surface area (Å²) in [6.07, 6.45) is 0.379. The van der Waals surface area contributed by atoms with Crippen LogP contribution in [-0.2, 0) is 28.7 Å². The lowest BCUT2D eigenvalue weighted by molar-refractivity contribution is -0.139. The van der Waals surface area contributed by atoms with Crippen molar-refractivity contribution in [2.75, 3.05) is 25.6 Å². The van der Waals surface area contributed by atoms with Gasteiger partial charge in [-0.15, -0.1) is 0 Å². The fourth-order valence-corrected chi connectivity index (χ4v) is 5.63. The summed E-state index contributed by atoms with van der Waals surface area (Å²) in [6.45, 7) is 3.66. The highest BCUT2D eigenvalue weighted by Crippen LogP contribution is 2.35. The Morgan fingerprint density at radius 3 is 2.11 bits per heavy atom. The van der Waals surface area contributed by atoms with Crippen LogP contribution < -0.4 is 19.5 Å². The third-order valence-electron chi connectivity index (χ3n) is 8.44. The number of carboxylic acid groups (broad SMARTS) is 1. The Kier molecular flexibility index (Phi) is 14.6. The molecule has 0 heterocycles. The molecule has 0 spiro atoms. The van der Waals surface area contributed by atoms with Crippen LogP contribution in [0.15, 0.2) is 84.9 Å². The number of hydrogen-bond donors (Lipinski definition) is 2. The van der Waals surface area contributed by atoms with Gasteiger partial charge in [0.2, 0.25) is 5.91 Å². The van der Waals surface area contributed by atoms with Gasteiger partial charge in [0.05, 0.1) is 31.3 Å². The molecule has 0 unspecified atom stereocenters. The second-order valence-corrected chi connectivity index (χ2v) is 12.7. The van der Waals surface area contributed by atoms with E-state index in [2.05, 4.69) is 12.2 Å². The van der Waals surface area contributed by atoms with Crippen molar-refractivity contribution >= 4 is 29.4 Å². The number of alkyl halides is 3. The summed E-state index contributed by atoms with van der Waals surface area (Å²) >= 11 is 0. The van der Waals surface area contributed by atoms with Gasteiger partial charge in [0, 0.05) is 17.8 Å². The summed E-state index contributed by atoms with van der Waals surface area (Å²) in [5.74, 6) is -2.20. The number of rotatable bonds is 18. The maximum atomic E-state index is 13.6. The zero-order valence-electron chi connectivity index (χ0n) is 30.3. The molecular formula is C41H43F3N2O8. The molecule has 0 bridgehead atoms. The first kappa shape index (κ1) is 40.9. The van der Waals surface area contributed by atoms with Gasteiger partial charge in [0.15, 0.2) is 0 Å². The Bertz CT molecular complexity index is 1910. The maximum absolute atomic E-state index is 13.6. The topological polar surface area (TPSA) is 131 Å². The molecule has 4 aromatic carbocycles. The molecular weight excluding hydrogens is 705 g/mol. The van der Waals surface area contributed by atoms with Crippen molar-refractivity contribution in [2.24, 2.45) is 0 Å². The molecule has 286 valence electrons. The second-order valence-electron chi connectivity index (χ2n) is 12.7. The largest absolute Gasteiger partial charge is 0.497 e. The monoisotopic (exact) mass is 748 g/mol. The van der Waals surface area contributed by atoms with Gasteiger partial charge < -0.3 is 29.5 Å². The molecule has 10 nitrogen and oxygen atoms in total. The third kappa shape index (κ3) is 12.1. The molecule has 2 amide bonds. The number of amides is 2. The molecule has 2 N–H and O–H groups in total. The minimum atomic E-state index is -4.70. The normalized spacial score (nSPS) is 11.1. The van der Waals surface area contributed by atoms with E-state index >= 15 is 0 Å². The van der Waals surface area contributed by atoms with Gasteiger partial charge in [-0.1, -0.05) is 50.8 Å². The number of unbranched alkanes of at least 4 members (excludes halogenated alkanes) is 4. The van der Waals surface area contributed by atoms with Crippen molar-refractivity contribution in [1.82, 2.24) is 4.90 Å². The highest BCUT2D eigenvalue weighted by Gasteiger charge is 2.34. The summed E-state index contributed by atoms with van der Waals surface area (Å²) in [5, 5.41) is 12.1. The molecule has 0 aliphatic rings. The van der Waals surface area contributed by atoms with E-state index in [0.717, 1.165) is 23.8 Å². The summed E-state index contributed by atoms with van der Waals surface area (Å²) in [4.78, 5) is 51.9. The Balaban J connectivity index is 1.35. The molecule has 0 atom stereocenters. The number of anilines is 1. The number of nitrogens with zero attached hydrogens (tertiary/aromatic N) is 1. The molecule has 0 fully saturated rings. The van der Waals surface area contributed by atoms with Crippen molar-refractivity contribution in [3.8, 4) is 17.2 Å². The highest BCUT2D eigenvalue weighted by atomic mass is 19.4. The van der Waals surface area contributed by atoms with Gasteiger partial charge in [0.25, 0.3) is 5.91 Å². The van der Waals surface area contributed by atoms with Crippen LogP contribution in [0.2, 0.25) is 0 Å². The van der Waals surface area contributed by atoms with Gasteiger partial charge in [0.1, 0.15) is 23.8 Å². The van der Waals surface area contributed by atoms with Crippen LogP contribution >= 0.6 is 0 Å². The first-order valence-corrected chi connectivity index (χ1v) is 17.5. The van der Waals surface area contributed by atoms with Crippen LogP contribution in [0, 0.1) is 6.92 Å². The Morgan fingerprint density at radius 1 is 0.815 bits per heavy atom. The molecule has 0 saturated heterocycles. The van der Waals surface area contributed by atoms with Gasteiger partial charge in [-0.2, -0.15) is 13.2 Å². The smallest absolute Gasteiger partial charge is 0.416 e. The predicted octanol–water partition coefficient (Wildman–Crippen LogP) is 8.50. The number of carboxylic acids is 1. The summed E-state index contributed by atoms with van der Waals surface area (Å²) < 4.78 is 56.9. The second kappa shape index (κ2) is 19.3. The molecule has 54 heavy (non-hydrogen) atoms. The first-order valence-electron chi connectivity index (χ1n) is 17.5. The van der Waals surface area contributed by atoms with E-state index in [1.54, 1.807) is 55.5 Å². The number of aryl methyl sites for hydroxylation is 1. The van der Waals surface area contributed by atoms with Crippen molar-refractivity contribution in [3.05, 3.63) is 118 Å². The first-order chi connectivity index (χ1) is 25.8. The Labute approximate surface area is 311 Å². The summed E-state index contributed by atoms with van der Waals surface area (Å²) in [5.41, 5.74) is 0.483. The van der Waals surface area contributed by atoms with Crippen molar-refractivity contribution in [3.63, 3.8) is 0 Å². The van der Waals surface area contributed by atoms with E-state index < -0.39 is 48.5 Å². The van der Waals surface area contributed by atoms with Gasteiger partial charge in [-0.25, -0.2) is 4.79 Å². The average Bonchev–Trinajstić information content (AvgIpc) is 3.13. The predicted molar refractivity (Wildman–Crippen MR) is 196 cm³/mol. The molecule has 0 radical (unpaired) electrons. The number of hydrogen-bond acceptors (Lipinski definition) is 7. The van der Waals surface area contributed by atoms with Crippen molar-refractivity contribution < 1.29 is 51.7 Å². The molecule has 0 aliphatic heterocycles. The molecule has 13 heteroatoms.